The van der Waals surface area contributed by atoms with E-state index in [0.29, 0.717) is 36.8 Å². The van der Waals surface area contributed by atoms with Crippen LogP contribution in [0, 0.1) is 11.8 Å². The molecular formula is C26H29N5O4. The van der Waals surface area contributed by atoms with Crippen LogP contribution in [0.25, 0.3) is 0 Å². The summed E-state index contributed by atoms with van der Waals surface area (Å²) in [6.07, 6.45) is 1.53. The van der Waals surface area contributed by atoms with Gasteiger partial charge in [-0.15, -0.1) is 4.91 Å². The number of rotatable bonds is 6. The number of ether oxygens (including phenoxy) is 2. The molecule has 1 fully saturated rings. The number of hydrogen-bond donors (Lipinski definition) is 0. The Labute approximate surface area is 204 Å². The van der Waals surface area contributed by atoms with Gasteiger partial charge < -0.3 is 19.3 Å². The zero-order valence-corrected chi connectivity index (χ0v) is 20.3. The van der Waals surface area contributed by atoms with Crippen LogP contribution >= 0.6 is 0 Å². The zero-order valence-electron chi connectivity index (χ0n) is 20.3. The van der Waals surface area contributed by atoms with Crippen LogP contribution in [-0.2, 0) is 0 Å². The summed E-state index contributed by atoms with van der Waals surface area (Å²) in [5.41, 5.74) is 2.89. The molecule has 2 heterocycles. The molecule has 35 heavy (non-hydrogen) atoms. The van der Waals surface area contributed by atoms with Gasteiger partial charge >= 0.3 is 6.03 Å². The number of nitroso groups, excluding NO2 is 1. The van der Waals surface area contributed by atoms with Crippen LogP contribution in [0.5, 0.6) is 11.5 Å². The predicted octanol–water partition coefficient (Wildman–Crippen LogP) is 5.27. The van der Waals surface area contributed by atoms with Crippen LogP contribution in [0.15, 0.2) is 66.0 Å². The molecule has 1 aromatic heterocycles. The second kappa shape index (κ2) is 10.4. The fourth-order valence-electron chi connectivity index (χ4n) is 4.38. The topological polar surface area (TPSA) is 87.6 Å². The molecule has 1 atom stereocenters. The van der Waals surface area contributed by atoms with Crippen molar-refractivity contribution in [2.75, 3.05) is 43.7 Å². The van der Waals surface area contributed by atoms with Crippen LogP contribution in [0.2, 0.25) is 0 Å². The Hall–Kier alpha value is -4.14. The molecular weight excluding hydrogens is 446 g/mol. The van der Waals surface area contributed by atoms with Crippen molar-refractivity contribution in [2.24, 2.45) is 5.18 Å². The number of urea groups is 1. The number of pyridine rings is 1. The maximum atomic E-state index is 13.9. The molecule has 182 valence electrons. The van der Waals surface area contributed by atoms with E-state index in [1.54, 1.807) is 36.3 Å². The number of anilines is 3. The van der Waals surface area contributed by atoms with E-state index in [0.717, 1.165) is 5.69 Å². The lowest BCUT2D eigenvalue weighted by atomic mass is 10.1. The summed E-state index contributed by atoms with van der Waals surface area (Å²) in [6.45, 7) is 5.87. The lowest BCUT2D eigenvalue weighted by Crippen LogP contribution is -2.56. The Balaban J connectivity index is 1.68. The summed E-state index contributed by atoms with van der Waals surface area (Å²) in [7, 11) is 3.07. The second-order valence-corrected chi connectivity index (χ2v) is 8.42. The molecule has 1 aliphatic heterocycles. The Kier molecular flexibility index (Phi) is 7.14. The van der Waals surface area contributed by atoms with Gasteiger partial charge in [-0.25, -0.2) is 14.7 Å². The van der Waals surface area contributed by atoms with Gasteiger partial charge in [-0.1, -0.05) is 12.1 Å². The molecule has 0 spiro atoms. The quantitative estimate of drug-likeness (QED) is 0.451. The summed E-state index contributed by atoms with van der Waals surface area (Å²) >= 11 is 0. The number of methoxy groups -OCH3 is 2. The average Bonchev–Trinajstić information content (AvgIpc) is 2.88. The van der Waals surface area contributed by atoms with Crippen molar-refractivity contribution in [3.63, 3.8) is 0 Å². The molecule has 3 aromatic rings. The smallest absolute Gasteiger partial charge is 0.330 e. The molecule has 1 aliphatic rings. The first kappa shape index (κ1) is 24.0. The maximum Gasteiger partial charge on any atom is 0.330 e. The van der Waals surface area contributed by atoms with E-state index in [1.165, 1.54) is 29.8 Å². The Bertz CT molecular complexity index is 1220. The molecule has 1 unspecified atom stereocenters. The normalized spacial score (nSPS) is 15.5. The fraction of sp³-hybridized carbons (Fsp3) is 0.308. The van der Waals surface area contributed by atoms with Gasteiger partial charge in [-0.3, -0.25) is 0 Å². The number of benzene rings is 2. The van der Waals surface area contributed by atoms with Gasteiger partial charge in [0, 0.05) is 43.6 Å². The van der Waals surface area contributed by atoms with E-state index in [9.17, 15) is 9.70 Å². The minimum atomic E-state index is -0.295. The first-order valence-electron chi connectivity index (χ1n) is 11.4. The molecule has 2 aromatic carbocycles. The first-order chi connectivity index (χ1) is 17.0. The van der Waals surface area contributed by atoms with Gasteiger partial charge in [0.05, 0.1) is 19.9 Å². The average molecular weight is 476 g/mol. The van der Waals surface area contributed by atoms with Crippen molar-refractivity contribution >= 4 is 28.9 Å². The molecule has 2 amide bonds. The summed E-state index contributed by atoms with van der Waals surface area (Å²) < 4.78 is 10.8. The molecule has 1 saturated heterocycles. The summed E-state index contributed by atoms with van der Waals surface area (Å²) in [6, 6.07) is 16.4. The Morgan fingerprint density at radius 1 is 1.06 bits per heavy atom. The van der Waals surface area contributed by atoms with Gasteiger partial charge in [-0.2, -0.15) is 0 Å². The number of nitrogens with zero attached hydrogens (tertiary/aromatic N) is 5. The highest BCUT2D eigenvalue weighted by Gasteiger charge is 2.33. The minimum Gasteiger partial charge on any atom is -0.493 e. The number of piperazine rings is 1. The van der Waals surface area contributed by atoms with Crippen molar-refractivity contribution < 1.29 is 14.3 Å². The van der Waals surface area contributed by atoms with E-state index in [2.05, 4.69) is 47.1 Å². The first-order valence-corrected chi connectivity index (χ1v) is 11.4. The van der Waals surface area contributed by atoms with Crippen molar-refractivity contribution in [1.29, 1.82) is 0 Å². The minimum absolute atomic E-state index is 0.0714. The third-order valence-electron chi connectivity index (χ3n) is 6.12. The Morgan fingerprint density at radius 3 is 2.54 bits per heavy atom. The number of carbonyl (C=O) groups is 1. The predicted molar refractivity (Wildman–Crippen MR) is 136 cm³/mol. The molecule has 0 radical (unpaired) electrons. The number of aromatic nitrogens is 1. The molecule has 0 aliphatic carbocycles. The molecule has 4 rings (SSSR count). The maximum absolute atomic E-state index is 13.9. The third-order valence-corrected chi connectivity index (χ3v) is 6.12. The lowest BCUT2D eigenvalue weighted by molar-refractivity contribution is 0.195. The molecule has 0 N–H and O–H groups in total. The van der Waals surface area contributed by atoms with Gasteiger partial charge in [-0.05, 0) is 61.0 Å². The van der Waals surface area contributed by atoms with E-state index in [1.807, 2.05) is 6.07 Å². The molecule has 9 heteroatoms. The number of amides is 2. The summed E-state index contributed by atoms with van der Waals surface area (Å²) in [5, 5.41) is 3.11. The second-order valence-electron chi connectivity index (χ2n) is 8.42. The number of carbonyl (C=O) groups excluding carboxylic acids is 1. The summed E-state index contributed by atoms with van der Waals surface area (Å²) in [5.74, 6) is 1.14. The van der Waals surface area contributed by atoms with Gasteiger partial charge in [0.1, 0.15) is 0 Å². The fourth-order valence-corrected chi connectivity index (χ4v) is 4.38. The lowest BCUT2D eigenvalue weighted by Gasteiger charge is -2.42. The van der Waals surface area contributed by atoms with Crippen LogP contribution in [0.4, 0.5) is 27.7 Å². The van der Waals surface area contributed by atoms with Crippen LogP contribution < -0.4 is 19.3 Å². The third kappa shape index (κ3) is 4.89. The SMILES string of the molecule is COc1ccc(N(C(=O)N2CCN(c3cccc(C)c3)C(C)C2)c2ncccc2N=O)cc1OC. The highest BCUT2D eigenvalue weighted by atomic mass is 16.5. The van der Waals surface area contributed by atoms with Crippen LogP contribution in [0.3, 0.4) is 0 Å². The van der Waals surface area contributed by atoms with Crippen molar-refractivity contribution in [3.8, 4) is 11.5 Å². The number of aryl methyl sites for hydroxylation is 1. The largest absolute Gasteiger partial charge is 0.493 e. The standard InChI is InChI=1S/C26H29N5O4/c1-18-7-5-8-20(15-18)30-14-13-29(17-19(30)2)26(32)31(25-22(28-33)9-6-12-27-25)21-10-11-23(34-3)24(16-21)35-4/h5-12,15-16,19H,13-14,17H2,1-4H3. The van der Waals surface area contributed by atoms with Gasteiger partial charge in [0.25, 0.3) is 0 Å². The molecule has 9 nitrogen and oxygen atoms in total. The van der Waals surface area contributed by atoms with E-state index < -0.39 is 0 Å². The monoisotopic (exact) mass is 475 g/mol. The van der Waals surface area contributed by atoms with Crippen molar-refractivity contribution in [3.05, 3.63) is 71.3 Å². The van der Waals surface area contributed by atoms with Crippen LogP contribution in [0.1, 0.15) is 12.5 Å². The van der Waals surface area contributed by atoms with Crippen molar-refractivity contribution in [1.82, 2.24) is 9.88 Å². The number of hydrogen-bond acceptors (Lipinski definition) is 7. The molecule has 0 saturated carbocycles. The zero-order chi connectivity index (χ0) is 24.9. The Morgan fingerprint density at radius 2 is 1.86 bits per heavy atom. The molecule has 0 bridgehead atoms. The van der Waals surface area contributed by atoms with Crippen molar-refractivity contribution in [2.45, 2.75) is 19.9 Å². The summed E-state index contributed by atoms with van der Waals surface area (Å²) in [4.78, 5) is 35.3. The highest BCUT2D eigenvalue weighted by molar-refractivity contribution is 6.01. The van der Waals surface area contributed by atoms with Gasteiger partial charge in [0.2, 0.25) is 0 Å². The van der Waals surface area contributed by atoms with E-state index >= 15 is 0 Å². The van der Waals surface area contributed by atoms with E-state index in [4.69, 9.17) is 9.47 Å². The highest BCUT2D eigenvalue weighted by Crippen LogP contribution is 2.38. The van der Waals surface area contributed by atoms with Gasteiger partial charge in [0.15, 0.2) is 23.0 Å². The van der Waals surface area contributed by atoms with E-state index in [-0.39, 0.29) is 23.6 Å². The van der Waals surface area contributed by atoms with Crippen LogP contribution in [-0.4, -0.2) is 55.8 Å².